The van der Waals surface area contributed by atoms with Crippen LogP contribution in [0.4, 0.5) is 4.39 Å². The minimum Gasteiger partial charge on any atom is -0.338 e. The molecule has 90 valence electrons. The average Bonchev–Trinajstić information content (AvgIpc) is 2.88. The number of amides is 1. The predicted octanol–water partition coefficient (Wildman–Crippen LogP) is 1.12. The highest BCUT2D eigenvalue weighted by Gasteiger charge is 2.38. The molecule has 1 aromatic carbocycles. The summed E-state index contributed by atoms with van der Waals surface area (Å²) in [6.45, 7) is 3.47. The summed E-state index contributed by atoms with van der Waals surface area (Å²) in [5, 5.41) is 3.32. The van der Waals surface area contributed by atoms with Crippen molar-refractivity contribution in [1.29, 1.82) is 0 Å². The molecule has 1 amide bonds. The zero-order valence-corrected chi connectivity index (χ0v) is 9.53. The third-order valence-electron chi connectivity index (χ3n) is 3.78. The van der Waals surface area contributed by atoms with Crippen molar-refractivity contribution in [2.24, 2.45) is 11.8 Å². The monoisotopic (exact) mass is 234 g/mol. The highest BCUT2D eigenvalue weighted by molar-refractivity contribution is 5.94. The van der Waals surface area contributed by atoms with E-state index in [1.165, 1.54) is 6.07 Å². The van der Waals surface area contributed by atoms with Crippen molar-refractivity contribution < 1.29 is 9.18 Å². The van der Waals surface area contributed by atoms with E-state index in [2.05, 4.69) is 5.32 Å². The first-order chi connectivity index (χ1) is 8.25. The zero-order valence-electron chi connectivity index (χ0n) is 9.53. The van der Waals surface area contributed by atoms with Crippen LogP contribution in [0.1, 0.15) is 10.4 Å². The Morgan fingerprint density at radius 2 is 1.88 bits per heavy atom. The molecule has 4 heteroatoms. The number of fused-ring (bicyclic) bond motifs is 1. The van der Waals surface area contributed by atoms with E-state index in [-0.39, 0.29) is 11.5 Å². The largest absolute Gasteiger partial charge is 0.338 e. The Kier molecular flexibility index (Phi) is 2.59. The molecule has 0 unspecified atom stereocenters. The van der Waals surface area contributed by atoms with Crippen LogP contribution < -0.4 is 5.32 Å². The number of hydrogen-bond acceptors (Lipinski definition) is 2. The number of carbonyl (C=O) groups excluding carboxylic acids is 1. The van der Waals surface area contributed by atoms with E-state index >= 15 is 0 Å². The van der Waals surface area contributed by atoms with Crippen LogP contribution in [-0.4, -0.2) is 37.0 Å². The molecule has 17 heavy (non-hydrogen) atoms. The smallest absolute Gasteiger partial charge is 0.256 e. The van der Waals surface area contributed by atoms with E-state index < -0.39 is 5.82 Å². The summed E-state index contributed by atoms with van der Waals surface area (Å²) in [5.74, 6) is 0.502. The first-order valence-corrected chi connectivity index (χ1v) is 6.00. The maximum absolute atomic E-state index is 13.5. The van der Waals surface area contributed by atoms with E-state index in [0.29, 0.717) is 11.8 Å². The summed E-state index contributed by atoms with van der Waals surface area (Å²) in [5.41, 5.74) is 0.195. The molecule has 1 N–H and O–H groups in total. The van der Waals surface area contributed by atoms with Crippen LogP contribution >= 0.6 is 0 Å². The molecule has 2 fully saturated rings. The molecule has 2 aliphatic heterocycles. The zero-order chi connectivity index (χ0) is 11.8. The highest BCUT2D eigenvalue weighted by Crippen LogP contribution is 2.27. The molecule has 2 aliphatic rings. The second-order valence-electron chi connectivity index (χ2n) is 4.87. The van der Waals surface area contributed by atoms with Gasteiger partial charge in [0.15, 0.2) is 0 Å². The summed E-state index contributed by atoms with van der Waals surface area (Å²) < 4.78 is 13.5. The number of carbonyl (C=O) groups is 1. The normalized spacial score (nSPS) is 27.2. The minimum atomic E-state index is -0.423. The maximum atomic E-state index is 13.5. The minimum absolute atomic E-state index is 0.169. The quantitative estimate of drug-likeness (QED) is 0.789. The first kappa shape index (κ1) is 10.7. The molecule has 0 bridgehead atoms. The summed E-state index contributed by atoms with van der Waals surface area (Å²) in [4.78, 5) is 14.0. The molecular formula is C13H15FN2O. The number of hydrogen-bond donors (Lipinski definition) is 1. The van der Waals surface area contributed by atoms with Crippen LogP contribution in [0.5, 0.6) is 0 Å². The third kappa shape index (κ3) is 1.82. The van der Waals surface area contributed by atoms with Crippen LogP contribution in [-0.2, 0) is 0 Å². The lowest BCUT2D eigenvalue weighted by Crippen LogP contribution is -2.32. The number of benzene rings is 1. The van der Waals surface area contributed by atoms with Gasteiger partial charge in [0.05, 0.1) is 5.56 Å². The van der Waals surface area contributed by atoms with E-state index in [4.69, 9.17) is 0 Å². The Labute approximate surface area is 99.6 Å². The van der Waals surface area contributed by atoms with Crippen molar-refractivity contribution in [3.05, 3.63) is 35.6 Å². The molecule has 0 aromatic heterocycles. The van der Waals surface area contributed by atoms with Crippen LogP contribution in [0, 0.1) is 17.7 Å². The third-order valence-corrected chi connectivity index (χ3v) is 3.78. The molecule has 3 nitrogen and oxygen atoms in total. The molecule has 0 radical (unpaired) electrons. The topological polar surface area (TPSA) is 32.3 Å². The van der Waals surface area contributed by atoms with Gasteiger partial charge in [0.2, 0.25) is 0 Å². The molecule has 3 rings (SSSR count). The first-order valence-electron chi connectivity index (χ1n) is 6.00. The SMILES string of the molecule is O=C(c1ccccc1F)N1C[C@H]2CNC[C@H]2C1. The Hall–Kier alpha value is -1.42. The second kappa shape index (κ2) is 4.11. The summed E-state index contributed by atoms with van der Waals surface area (Å²) >= 11 is 0. The van der Waals surface area contributed by atoms with Gasteiger partial charge in [-0.1, -0.05) is 12.1 Å². The van der Waals surface area contributed by atoms with Crippen molar-refractivity contribution in [3.63, 3.8) is 0 Å². The summed E-state index contributed by atoms with van der Waals surface area (Å²) in [6.07, 6.45) is 0. The summed E-state index contributed by atoms with van der Waals surface area (Å²) in [7, 11) is 0. The van der Waals surface area contributed by atoms with E-state index in [9.17, 15) is 9.18 Å². The second-order valence-corrected chi connectivity index (χ2v) is 4.87. The van der Waals surface area contributed by atoms with Gasteiger partial charge < -0.3 is 10.2 Å². The Morgan fingerprint density at radius 3 is 2.53 bits per heavy atom. The van der Waals surface area contributed by atoms with Gasteiger partial charge in [0.25, 0.3) is 5.91 Å². The predicted molar refractivity (Wildman–Crippen MR) is 62.2 cm³/mol. The van der Waals surface area contributed by atoms with Crippen molar-refractivity contribution in [1.82, 2.24) is 10.2 Å². The molecule has 2 heterocycles. The molecular weight excluding hydrogens is 219 g/mol. The lowest BCUT2D eigenvalue weighted by atomic mass is 10.0. The fourth-order valence-electron chi connectivity index (χ4n) is 2.83. The van der Waals surface area contributed by atoms with Gasteiger partial charge >= 0.3 is 0 Å². The highest BCUT2D eigenvalue weighted by atomic mass is 19.1. The molecule has 2 saturated heterocycles. The Bertz CT molecular complexity index is 437. The van der Waals surface area contributed by atoms with Crippen molar-refractivity contribution in [2.75, 3.05) is 26.2 Å². The number of halogens is 1. The number of rotatable bonds is 1. The molecule has 0 aliphatic carbocycles. The maximum Gasteiger partial charge on any atom is 0.256 e. The van der Waals surface area contributed by atoms with E-state index in [0.717, 1.165) is 26.2 Å². The standard InChI is InChI=1S/C13H15FN2O/c14-12-4-2-1-3-11(12)13(17)16-7-9-5-15-6-10(9)8-16/h1-4,9-10,15H,5-8H2/t9-,10+. The van der Waals surface area contributed by atoms with Gasteiger partial charge in [-0.15, -0.1) is 0 Å². The molecule has 2 atom stereocenters. The van der Waals surface area contributed by atoms with E-state index in [1.807, 2.05) is 0 Å². The van der Waals surface area contributed by atoms with Crippen LogP contribution in [0.15, 0.2) is 24.3 Å². The lowest BCUT2D eigenvalue weighted by molar-refractivity contribution is 0.0777. The van der Waals surface area contributed by atoms with Gasteiger partial charge in [-0.05, 0) is 24.0 Å². The number of nitrogens with zero attached hydrogens (tertiary/aromatic N) is 1. The van der Waals surface area contributed by atoms with Crippen LogP contribution in [0.2, 0.25) is 0 Å². The van der Waals surface area contributed by atoms with Gasteiger partial charge in [-0.2, -0.15) is 0 Å². The van der Waals surface area contributed by atoms with Crippen molar-refractivity contribution >= 4 is 5.91 Å². The average molecular weight is 234 g/mol. The van der Waals surface area contributed by atoms with Crippen LogP contribution in [0.25, 0.3) is 0 Å². The van der Waals surface area contributed by atoms with Gasteiger partial charge in [0, 0.05) is 26.2 Å². The fraction of sp³-hybridized carbons (Fsp3) is 0.462. The van der Waals surface area contributed by atoms with Crippen LogP contribution in [0.3, 0.4) is 0 Å². The Morgan fingerprint density at radius 1 is 1.24 bits per heavy atom. The molecule has 0 saturated carbocycles. The van der Waals surface area contributed by atoms with Gasteiger partial charge in [-0.25, -0.2) is 4.39 Å². The fourth-order valence-corrected chi connectivity index (χ4v) is 2.83. The number of likely N-dealkylation sites (tertiary alicyclic amines) is 1. The van der Waals surface area contributed by atoms with Crippen molar-refractivity contribution in [3.8, 4) is 0 Å². The Balaban J connectivity index is 1.78. The molecule has 1 aromatic rings. The van der Waals surface area contributed by atoms with Crippen molar-refractivity contribution in [2.45, 2.75) is 0 Å². The molecule has 0 spiro atoms. The van der Waals surface area contributed by atoms with Gasteiger partial charge in [-0.3, -0.25) is 4.79 Å². The van der Waals surface area contributed by atoms with E-state index in [1.54, 1.807) is 23.1 Å². The lowest BCUT2D eigenvalue weighted by Gasteiger charge is -2.17. The summed E-state index contributed by atoms with van der Waals surface area (Å²) in [6, 6.07) is 6.21. The number of nitrogens with one attached hydrogen (secondary N) is 1. The van der Waals surface area contributed by atoms with Gasteiger partial charge in [0.1, 0.15) is 5.82 Å².